The second-order valence-corrected chi connectivity index (χ2v) is 4.17. The van der Waals surface area contributed by atoms with Gasteiger partial charge in [0, 0.05) is 31.6 Å². The highest BCUT2D eigenvalue weighted by Gasteiger charge is 2.08. The van der Waals surface area contributed by atoms with Crippen LogP contribution in [0.4, 0.5) is 0 Å². The van der Waals surface area contributed by atoms with Gasteiger partial charge in [0.15, 0.2) is 0 Å². The van der Waals surface area contributed by atoms with E-state index in [1.807, 2.05) is 0 Å². The number of aliphatic hydroxyl groups excluding tert-OH is 1. The highest BCUT2D eigenvalue weighted by molar-refractivity contribution is 5.15. The second kappa shape index (κ2) is 7.47. The van der Waals surface area contributed by atoms with E-state index in [-0.39, 0.29) is 6.61 Å². The van der Waals surface area contributed by atoms with E-state index in [9.17, 15) is 0 Å². The van der Waals surface area contributed by atoms with Gasteiger partial charge in [-0.25, -0.2) is 0 Å². The van der Waals surface area contributed by atoms with Gasteiger partial charge in [0.25, 0.3) is 0 Å². The van der Waals surface area contributed by atoms with Crippen molar-refractivity contribution in [2.75, 3.05) is 13.2 Å². The first-order valence-corrected chi connectivity index (χ1v) is 6.31. The van der Waals surface area contributed by atoms with Crippen molar-refractivity contribution in [1.29, 1.82) is 0 Å². The monoisotopic (exact) mass is 224 g/mol. The molecule has 0 saturated carbocycles. The first-order chi connectivity index (χ1) is 7.81. The Balaban J connectivity index is 2.52. The molecular formula is C13H24N2O. The van der Waals surface area contributed by atoms with Crippen molar-refractivity contribution in [3.63, 3.8) is 0 Å². The molecule has 0 aromatic carbocycles. The molecule has 1 unspecified atom stereocenters. The van der Waals surface area contributed by atoms with Crippen molar-refractivity contribution >= 4 is 0 Å². The summed E-state index contributed by atoms with van der Waals surface area (Å²) >= 11 is 0. The van der Waals surface area contributed by atoms with E-state index in [0.29, 0.717) is 6.04 Å². The minimum atomic E-state index is 0.263. The van der Waals surface area contributed by atoms with E-state index >= 15 is 0 Å². The molecule has 0 saturated heterocycles. The van der Waals surface area contributed by atoms with Gasteiger partial charge < -0.3 is 15.0 Å². The molecule has 1 rings (SSSR count). The van der Waals surface area contributed by atoms with Crippen LogP contribution in [0.25, 0.3) is 0 Å². The Morgan fingerprint density at radius 3 is 2.88 bits per heavy atom. The Hall–Kier alpha value is -0.800. The highest BCUT2D eigenvalue weighted by atomic mass is 16.3. The van der Waals surface area contributed by atoms with Crippen LogP contribution in [0.3, 0.4) is 0 Å². The van der Waals surface area contributed by atoms with Crippen molar-refractivity contribution in [2.24, 2.45) is 0 Å². The zero-order chi connectivity index (χ0) is 11.8. The van der Waals surface area contributed by atoms with Crippen molar-refractivity contribution in [3.05, 3.63) is 24.0 Å². The maximum Gasteiger partial charge on any atom is 0.0448 e. The molecule has 0 aliphatic heterocycles. The SMILES string of the molecule is CCCNC(CC)c1ccn(CCCO)c1. The molecule has 1 aromatic rings. The molecule has 1 atom stereocenters. The quantitative estimate of drug-likeness (QED) is 0.711. The Bertz CT molecular complexity index is 283. The second-order valence-electron chi connectivity index (χ2n) is 4.17. The third-order valence-electron chi connectivity index (χ3n) is 2.80. The lowest BCUT2D eigenvalue weighted by atomic mass is 10.1. The summed E-state index contributed by atoms with van der Waals surface area (Å²) in [5, 5.41) is 12.3. The maximum absolute atomic E-state index is 8.78. The van der Waals surface area contributed by atoms with Crippen LogP contribution < -0.4 is 5.32 Å². The van der Waals surface area contributed by atoms with E-state index in [1.54, 1.807) is 0 Å². The fraction of sp³-hybridized carbons (Fsp3) is 0.692. The van der Waals surface area contributed by atoms with Crippen LogP contribution in [0.2, 0.25) is 0 Å². The van der Waals surface area contributed by atoms with Crippen molar-refractivity contribution in [2.45, 2.75) is 45.7 Å². The fourth-order valence-electron chi connectivity index (χ4n) is 1.87. The van der Waals surface area contributed by atoms with E-state index < -0.39 is 0 Å². The maximum atomic E-state index is 8.78. The van der Waals surface area contributed by atoms with E-state index in [0.717, 1.165) is 25.9 Å². The summed E-state index contributed by atoms with van der Waals surface area (Å²) < 4.78 is 2.15. The molecule has 0 aliphatic rings. The van der Waals surface area contributed by atoms with Crippen LogP contribution in [0, 0.1) is 0 Å². The van der Waals surface area contributed by atoms with E-state index in [2.05, 4.69) is 42.2 Å². The third kappa shape index (κ3) is 3.99. The molecule has 1 aromatic heterocycles. The van der Waals surface area contributed by atoms with Crippen molar-refractivity contribution in [3.8, 4) is 0 Å². The summed E-state index contributed by atoms with van der Waals surface area (Å²) in [6.45, 7) is 6.63. The normalized spacial score (nSPS) is 12.9. The number of nitrogens with one attached hydrogen (secondary N) is 1. The van der Waals surface area contributed by atoms with E-state index in [4.69, 9.17) is 5.11 Å². The number of aliphatic hydroxyl groups is 1. The van der Waals surface area contributed by atoms with E-state index in [1.165, 1.54) is 12.0 Å². The lowest BCUT2D eigenvalue weighted by molar-refractivity contribution is 0.280. The predicted octanol–water partition coefficient (Wildman–Crippen LogP) is 2.32. The zero-order valence-corrected chi connectivity index (χ0v) is 10.4. The average molecular weight is 224 g/mol. The molecule has 3 heteroatoms. The van der Waals surface area contributed by atoms with Crippen LogP contribution in [-0.2, 0) is 6.54 Å². The Kier molecular flexibility index (Phi) is 6.19. The lowest BCUT2D eigenvalue weighted by Gasteiger charge is -2.15. The van der Waals surface area contributed by atoms with Gasteiger partial charge in [0.2, 0.25) is 0 Å². The number of rotatable bonds is 8. The minimum Gasteiger partial charge on any atom is -0.396 e. The molecule has 0 bridgehead atoms. The number of aromatic nitrogens is 1. The van der Waals surface area contributed by atoms with Gasteiger partial charge in [-0.05, 0) is 37.4 Å². The Morgan fingerprint density at radius 2 is 2.25 bits per heavy atom. The first-order valence-electron chi connectivity index (χ1n) is 6.31. The van der Waals surface area contributed by atoms with Gasteiger partial charge in [0.1, 0.15) is 0 Å². The summed E-state index contributed by atoms with van der Waals surface area (Å²) in [6.07, 6.45) is 7.40. The topological polar surface area (TPSA) is 37.2 Å². The summed E-state index contributed by atoms with van der Waals surface area (Å²) in [4.78, 5) is 0. The van der Waals surface area contributed by atoms with Crippen molar-refractivity contribution < 1.29 is 5.11 Å². The number of nitrogens with zero attached hydrogens (tertiary/aromatic N) is 1. The van der Waals surface area contributed by atoms with Crippen LogP contribution in [-0.4, -0.2) is 22.8 Å². The van der Waals surface area contributed by atoms with Gasteiger partial charge >= 0.3 is 0 Å². The zero-order valence-electron chi connectivity index (χ0n) is 10.4. The van der Waals surface area contributed by atoms with Gasteiger partial charge in [-0.1, -0.05) is 13.8 Å². The number of hydrogen-bond acceptors (Lipinski definition) is 2. The Labute approximate surface area is 98.5 Å². The van der Waals surface area contributed by atoms with Gasteiger partial charge in [-0.15, -0.1) is 0 Å². The van der Waals surface area contributed by atoms with Crippen molar-refractivity contribution in [1.82, 2.24) is 9.88 Å². The molecule has 0 amide bonds. The van der Waals surface area contributed by atoms with Crippen LogP contribution in [0.1, 0.15) is 44.7 Å². The smallest absolute Gasteiger partial charge is 0.0448 e. The van der Waals surface area contributed by atoms with Crippen LogP contribution in [0.5, 0.6) is 0 Å². The minimum absolute atomic E-state index is 0.263. The first kappa shape index (κ1) is 13.3. The summed E-state index contributed by atoms with van der Waals surface area (Å²) in [6, 6.07) is 2.64. The molecular weight excluding hydrogens is 200 g/mol. The fourth-order valence-corrected chi connectivity index (χ4v) is 1.87. The van der Waals surface area contributed by atoms with Crippen LogP contribution in [0.15, 0.2) is 18.5 Å². The standard InChI is InChI=1S/C13H24N2O/c1-3-7-14-13(4-2)12-6-9-15(11-12)8-5-10-16/h6,9,11,13-14,16H,3-5,7-8,10H2,1-2H3. The summed E-state index contributed by atoms with van der Waals surface area (Å²) in [5.41, 5.74) is 1.36. The molecule has 2 N–H and O–H groups in total. The molecule has 16 heavy (non-hydrogen) atoms. The van der Waals surface area contributed by atoms with Crippen LogP contribution >= 0.6 is 0 Å². The Morgan fingerprint density at radius 1 is 1.44 bits per heavy atom. The average Bonchev–Trinajstić information content (AvgIpc) is 2.76. The molecule has 0 fully saturated rings. The lowest BCUT2D eigenvalue weighted by Crippen LogP contribution is -2.21. The molecule has 92 valence electrons. The van der Waals surface area contributed by atoms with Gasteiger partial charge in [0.05, 0.1) is 0 Å². The molecule has 1 heterocycles. The molecule has 0 spiro atoms. The molecule has 3 nitrogen and oxygen atoms in total. The summed E-state index contributed by atoms with van der Waals surface area (Å²) in [5.74, 6) is 0. The predicted molar refractivity (Wildman–Crippen MR) is 67.5 cm³/mol. The molecule has 0 radical (unpaired) electrons. The molecule has 0 aliphatic carbocycles. The number of hydrogen-bond donors (Lipinski definition) is 2. The number of aryl methyl sites for hydroxylation is 1. The largest absolute Gasteiger partial charge is 0.396 e. The summed E-state index contributed by atoms with van der Waals surface area (Å²) in [7, 11) is 0. The van der Waals surface area contributed by atoms with Gasteiger partial charge in [-0.3, -0.25) is 0 Å². The van der Waals surface area contributed by atoms with Gasteiger partial charge in [-0.2, -0.15) is 0 Å². The third-order valence-corrected chi connectivity index (χ3v) is 2.80. The highest BCUT2D eigenvalue weighted by Crippen LogP contribution is 2.17.